The molecule has 0 saturated carbocycles. The first kappa shape index (κ1) is 13.5. The second-order valence-corrected chi connectivity index (χ2v) is 4.59. The van der Waals surface area contributed by atoms with Crippen molar-refractivity contribution in [1.82, 2.24) is 10.2 Å². The number of carboxylic acids is 1. The summed E-state index contributed by atoms with van der Waals surface area (Å²) >= 11 is 0. The Hall–Kier alpha value is -1.88. The molecule has 0 aromatic heterocycles. The molecule has 0 unspecified atom stereocenters. The highest BCUT2D eigenvalue weighted by Crippen LogP contribution is 2.22. The molecule has 5 nitrogen and oxygen atoms in total. The predicted octanol–water partition coefficient (Wildman–Crippen LogP) is 0.879. The van der Waals surface area contributed by atoms with E-state index in [0.29, 0.717) is 31.6 Å². The summed E-state index contributed by atoms with van der Waals surface area (Å²) in [5.74, 6) is -0.836. The van der Waals surface area contributed by atoms with E-state index in [-0.39, 0.29) is 5.91 Å². The maximum Gasteiger partial charge on any atom is 0.335 e. The van der Waals surface area contributed by atoms with Crippen LogP contribution in [0.25, 0.3) is 0 Å². The molecule has 19 heavy (non-hydrogen) atoms. The van der Waals surface area contributed by atoms with Crippen LogP contribution in [-0.2, 0) is 17.8 Å². The third-order valence-corrected chi connectivity index (χ3v) is 3.38. The van der Waals surface area contributed by atoms with Crippen LogP contribution in [0.5, 0.6) is 0 Å². The van der Waals surface area contributed by atoms with Crippen molar-refractivity contribution in [2.24, 2.45) is 0 Å². The number of nitrogens with one attached hydrogen (secondary N) is 1. The standard InChI is InChI=1S/C14H18N2O3/c1-2-15-8-13(17)16-7-6-11-10(9-16)4-3-5-12(11)14(18)19/h3-5,15H,2,6-9H2,1H3,(H,18,19). The molecule has 0 saturated heterocycles. The predicted molar refractivity (Wildman–Crippen MR) is 71.1 cm³/mol. The van der Waals surface area contributed by atoms with Gasteiger partial charge in [0.05, 0.1) is 12.1 Å². The van der Waals surface area contributed by atoms with Gasteiger partial charge in [-0.1, -0.05) is 19.1 Å². The summed E-state index contributed by atoms with van der Waals surface area (Å²) in [5.41, 5.74) is 2.16. The van der Waals surface area contributed by atoms with Gasteiger partial charge in [-0.2, -0.15) is 0 Å². The highest BCUT2D eigenvalue weighted by Gasteiger charge is 2.23. The van der Waals surface area contributed by atoms with Gasteiger partial charge in [-0.3, -0.25) is 4.79 Å². The molecule has 2 N–H and O–H groups in total. The van der Waals surface area contributed by atoms with E-state index in [2.05, 4.69) is 5.32 Å². The van der Waals surface area contributed by atoms with Crippen LogP contribution in [-0.4, -0.2) is 41.5 Å². The van der Waals surface area contributed by atoms with E-state index >= 15 is 0 Å². The van der Waals surface area contributed by atoms with Gasteiger partial charge in [0.2, 0.25) is 5.91 Å². The average molecular weight is 262 g/mol. The molecule has 2 rings (SSSR count). The molecule has 1 aromatic carbocycles. The summed E-state index contributed by atoms with van der Waals surface area (Å²) in [7, 11) is 0. The zero-order chi connectivity index (χ0) is 13.8. The third-order valence-electron chi connectivity index (χ3n) is 3.38. The van der Waals surface area contributed by atoms with Gasteiger partial charge in [0.15, 0.2) is 0 Å². The number of benzene rings is 1. The van der Waals surface area contributed by atoms with Crippen LogP contribution in [0.4, 0.5) is 0 Å². The molecule has 0 fully saturated rings. The van der Waals surface area contributed by atoms with Crippen molar-refractivity contribution in [1.29, 1.82) is 0 Å². The lowest BCUT2D eigenvalue weighted by Crippen LogP contribution is -2.41. The molecule has 0 radical (unpaired) electrons. The highest BCUT2D eigenvalue weighted by atomic mass is 16.4. The second kappa shape index (κ2) is 5.84. The van der Waals surface area contributed by atoms with Crippen LogP contribution in [0.15, 0.2) is 18.2 Å². The van der Waals surface area contributed by atoms with E-state index in [9.17, 15) is 9.59 Å². The number of hydrogen-bond acceptors (Lipinski definition) is 3. The first-order valence-corrected chi connectivity index (χ1v) is 6.46. The number of carbonyl (C=O) groups excluding carboxylic acids is 1. The Morgan fingerprint density at radius 1 is 1.42 bits per heavy atom. The van der Waals surface area contributed by atoms with Crippen LogP contribution >= 0.6 is 0 Å². The smallest absolute Gasteiger partial charge is 0.335 e. The van der Waals surface area contributed by atoms with Gasteiger partial charge in [-0.15, -0.1) is 0 Å². The lowest BCUT2D eigenvalue weighted by molar-refractivity contribution is -0.131. The summed E-state index contributed by atoms with van der Waals surface area (Å²) in [6.07, 6.45) is 0.607. The Morgan fingerprint density at radius 3 is 2.89 bits per heavy atom. The van der Waals surface area contributed by atoms with Gasteiger partial charge >= 0.3 is 5.97 Å². The maximum absolute atomic E-state index is 11.9. The molecule has 0 aliphatic carbocycles. The number of aromatic carboxylic acids is 1. The van der Waals surface area contributed by atoms with Crippen LogP contribution in [0.2, 0.25) is 0 Å². The number of rotatable bonds is 4. The largest absolute Gasteiger partial charge is 0.478 e. The molecule has 1 aliphatic rings. The number of nitrogens with zero attached hydrogens (tertiary/aromatic N) is 1. The van der Waals surface area contributed by atoms with Crippen molar-refractivity contribution in [2.45, 2.75) is 19.9 Å². The first-order chi connectivity index (χ1) is 9.13. The van der Waals surface area contributed by atoms with E-state index in [1.54, 1.807) is 17.0 Å². The third kappa shape index (κ3) is 2.93. The Kier molecular flexibility index (Phi) is 4.16. The first-order valence-electron chi connectivity index (χ1n) is 6.46. The fourth-order valence-electron chi connectivity index (χ4n) is 2.37. The highest BCUT2D eigenvalue weighted by molar-refractivity contribution is 5.90. The van der Waals surface area contributed by atoms with Crippen LogP contribution in [0, 0.1) is 0 Å². The van der Waals surface area contributed by atoms with Crippen molar-refractivity contribution < 1.29 is 14.7 Å². The molecule has 1 amide bonds. The van der Waals surface area contributed by atoms with Crippen molar-refractivity contribution >= 4 is 11.9 Å². The molecular formula is C14H18N2O3. The van der Waals surface area contributed by atoms with E-state index in [4.69, 9.17) is 5.11 Å². The molecule has 1 aromatic rings. The normalized spacial score (nSPS) is 14.1. The molecular weight excluding hydrogens is 244 g/mol. The van der Waals surface area contributed by atoms with Crippen molar-refractivity contribution in [3.05, 3.63) is 34.9 Å². The van der Waals surface area contributed by atoms with Crippen LogP contribution in [0.1, 0.15) is 28.4 Å². The Morgan fingerprint density at radius 2 is 2.21 bits per heavy atom. The van der Waals surface area contributed by atoms with Gasteiger partial charge in [0.1, 0.15) is 0 Å². The van der Waals surface area contributed by atoms with E-state index in [1.807, 2.05) is 13.0 Å². The number of hydrogen-bond donors (Lipinski definition) is 2. The number of amides is 1. The summed E-state index contributed by atoms with van der Waals surface area (Å²) in [6.45, 7) is 4.14. The summed E-state index contributed by atoms with van der Waals surface area (Å²) < 4.78 is 0. The zero-order valence-corrected chi connectivity index (χ0v) is 11.0. The number of fused-ring (bicyclic) bond motifs is 1. The SMILES string of the molecule is CCNCC(=O)N1CCc2c(cccc2C(=O)O)C1. The molecule has 0 spiro atoms. The maximum atomic E-state index is 11.9. The zero-order valence-electron chi connectivity index (χ0n) is 11.0. The van der Waals surface area contributed by atoms with Crippen LogP contribution in [0.3, 0.4) is 0 Å². The average Bonchev–Trinajstić information content (AvgIpc) is 2.43. The molecule has 5 heteroatoms. The summed E-state index contributed by atoms with van der Waals surface area (Å²) in [4.78, 5) is 24.8. The molecule has 0 bridgehead atoms. The van der Waals surface area contributed by atoms with Gasteiger partial charge in [-0.25, -0.2) is 4.79 Å². The second-order valence-electron chi connectivity index (χ2n) is 4.59. The molecule has 1 aliphatic heterocycles. The lowest BCUT2D eigenvalue weighted by Gasteiger charge is -2.29. The molecule has 102 valence electrons. The van der Waals surface area contributed by atoms with Gasteiger partial charge < -0.3 is 15.3 Å². The summed E-state index contributed by atoms with van der Waals surface area (Å²) in [6, 6.07) is 5.26. The Labute approximate surface area is 112 Å². The van der Waals surface area contributed by atoms with E-state index in [1.165, 1.54) is 0 Å². The number of likely N-dealkylation sites (N-methyl/N-ethyl adjacent to an activating group) is 1. The fraction of sp³-hybridized carbons (Fsp3) is 0.429. The Balaban J connectivity index is 2.14. The summed E-state index contributed by atoms with van der Waals surface area (Å²) in [5, 5.41) is 12.2. The lowest BCUT2D eigenvalue weighted by atomic mass is 9.94. The quantitative estimate of drug-likeness (QED) is 0.845. The van der Waals surface area contributed by atoms with Gasteiger partial charge in [0.25, 0.3) is 0 Å². The van der Waals surface area contributed by atoms with Gasteiger partial charge in [-0.05, 0) is 30.2 Å². The fourth-order valence-corrected chi connectivity index (χ4v) is 2.37. The minimum atomic E-state index is -0.899. The number of carbonyl (C=O) groups is 2. The van der Waals surface area contributed by atoms with E-state index < -0.39 is 5.97 Å². The molecule has 1 heterocycles. The topological polar surface area (TPSA) is 69.6 Å². The van der Waals surface area contributed by atoms with Crippen molar-refractivity contribution in [3.8, 4) is 0 Å². The van der Waals surface area contributed by atoms with Gasteiger partial charge in [0, 0.05) is 13.1 Å². The monoisotopic (exact) mass is 262 g/mol. The van der Waals surface area contributed by atoms with Crippen molar-refractivity contribution in [3.63, 3.8) is 0 Å². The van der Waals surface area contributed by atoms with E-state index in [0.717, 1.165) is 17.7 Å². The van der Waals surface area contributed by atoms with Crippen LogP contribution < -0.4 is 5.32 Å². The minimum Gasteiger partial charge on any atom is -0.478 e. The minimum absolute atomic E-state index is 0.0632. The van der Waals surface area contributed by atoms with Crippen molar-refractivity contribution in [2.75, 3.05) is 19.6 Å². The Bertz CT molecular complexity index is 499. The molecule has 0 atom stereocenters. The number of carboxylic acid groups (broad SMARTS) is 1.